The van der Waals surface area contributed by atoms with Crippen molar-refractivity contribution in [2.24, 2.45) is 0 Å². The molecule has 0 radical (unpaired) electrons. The molecule has 1 fully saturated rings. The lowest BCUT2D eigenvalue weighted by molar-refractivity contribution is -0.140. The number of nitrogens with zero attached hydrogens (tertiary/aromatic N) is 3. The molecule has 1 saturated heterocycles. The Bertz CT molecular complexity index is 1170. The highest BCUT2D eigenvalue weighted by atomic mass is 16.5. The zero-order valence-corrected chi connectivity index (χ0v) is 18.5. The lowest BCUT2D eigenvalue weighted by atomic mass is 9.94. The van der Waals surface area contributed by atoms with Crippen LogP contribution in [-0.2, 0) is 16.1 Å². The summed E-state index contributed by atoms with van der Waals surface area (Å²) in [6, 6.07) is 13.1. The maximum absolute atomic E-state index is 13.2. The minimum absolute atomic E-state index is 0.0281. The van der Waals surface area contributed by atoms with Crippen LogP contribution in [0.2, 0.25) is 0 Å². The van der Waals surface area contributed by atoms with Gasteiger partial charge in [0.15, 0.2) is 0 Å². The van der Waals surface area contributed by atoms with E-state index in [1.54, 1.807) is 55.0 Å². The van der Waals surface area contributed by atoms with Gasteiger partial charge in [0.25, 0.3) is 11.7 Å². The molecule has 1 aliphatic heterocycles. The van der Waals surface area contributed by atoms with E-state index in [2.05, 4.69) is 4.98 Å². The molecular formula is C25H25N3O5. The summed E-state index contributed by atoms with van der Waals surface area (Å²) in [5.41, 5.74) is 1.05. The van der Waals surface area contributed by atoms with Gasteiger partial charge in [0.2, 0.25) is 0 Å². The van der Waals surface area contributed by atoms with Gasteiger partial charge in [-0.2, -0.15) is 0 Å². The minimum atomic E-state index is -0.821. The number of aliphatic hydroxyl groups excluding tert-OH is 1. The molecule has 0 saturated carbocycles. The van der Waals surface area contributed by atoms with E-state index < -0.39 is 17.7 Å². The van der Waals surface area contributed by atoms with Crippen LogP contribution in [0.1, 0.15) is 23.6 Å². The minimum Gasteiger partial charge on any atom is -0.507 e. The lowest BCUT2D eigenvalue weighted by Gasteiger charge is -2.27. The molecule has 1 aromatic heterocycles. The van der Waals surface area contributed by atoms with Crippen LogP contribution in [0.3, 0.4) is 0 Å². The predicted molar refractivity (Wildman–Crippen MR) is 122 cm³/mol. The molecule has 0 spiro atoms. The van der Waals surface area contributed by atoms with Crippen LogP contribution in [0, 0.1) is 0 Å². The molecule has 0 aliphatic carbocycles. The first-order chi connectivity index (χ1) is 16.0. The number of ketones is 1. The Morgan fingerprint density at radius 2 is 1.85 bits per heavy atom. The van der Waals surface area contributed by atoms with Crippen LogP contribution in [0.5, 0.6) is 11.5 Å². The number of ether oxygens (including phenoxy) is 2. The zero-order valence-electron chi connectivity index (χ0n) is 18.5. The van der Waals surface area contributed by atoms with E-state index >= 15 is 0 Å². The average Bonchev–Trinajstić information content (AvgIpc) is 3.46. The number of Topliss-reactive ketones (excluding diaryl/α,β-unsaturated/α-hetero) is 1. The number of hydrogen-bond donors (Lipinski definition) is 1. The van der Waals surface area contributed by atoms with Gasteiger partial charge in [0.1, 0.15) is 17.3 Å². The first kappa shape index (κ1) is 22.1. The Morgan fingerprint density at radius 1 is 1.06 bits per heavy atom. The highest BCUT2D eigenvalue weighted by Gasteiger charge is 2.47. The number of aromatic nitrogens is 2. The number of likely N-dealkylation sites (tertiary alicyclic amines) is 1. The number of benzene rings is 2. The summed E-state index contributed by atoms with van der Waals surface area (Å²) in [6.45, 7) is 0.934. The number of carbonyl (C=O) groups excluding carboxylic acids is 2. The summed E-state index contributed by atoms with van der Waals surface area (Å²) in [7, 11) is 3.06. The molecule has 4 rings (SSSR count). The van der Waals surface area contributed by atoms with Gasteiger partial charge in [0, 0.05) is 36.6 Å². The smallest absolute Gasteiger partial charge is 0.295 e. The zero-order chi connectivity index (χ0) is 23.4. The molecule has 1 aliphatic rings. The maximum atomic E-state index is 13.2. The van der Waals surface area contributed by atoms with Gasteiger partial charge in [-0.1, -0.05) is 30.3 Å². The van der Waals surface area contributed by atoms with E-state index in [1.165, 1.54) is 19.1 Å². The number of aliphatic hydroxyl groups is 1. The van der Waals surface area contributed by atoms with E-state index in [0.29, 0.717) is 42.1 Å². The van der Waals surface area contributed by atoms with Crippen molar-refractivity contribution in [3.8, 4) is 11.5 Å². The van der Waals surface area contributed by atoms with E-state index in [1.807, 2.05) is 16.8 Å². The van der Waals surface area contributed by atoms with Gasteiger partial charge in [-0.25, -0.2) is 4.98 Å². The monoisotopic (exact) mass is 447 g/mol. The standard InChI is InChI=1S/C25H25N3O5/c1-32-18-9-10-20(33-2)19(15-18)22-21(23(29)17-7-4-3-5-8-17)24(30)25(31)28(22)13-6-12-27-14-11-26-16-27/h3-5,7-11,14-16,22,29H,6,12-13H2,1-2H3/t22-/m1/s1. The summed E-state index contributed by atoms with van der Waals surface area (Å²) in [5, 5.41) is 11.1. The molecule has 1 N–H and O–H groups in total. The van der Waals surface area contributed by atoms with Crippen molar-refractivity contribution in [3.63, 3.8) is 0 Å². The SMILES string of the molecule is COc1ccc(OC)c([C@@H]2C(=C(O)c3ccccc3)C(=O)C(=O)N2CCCn2ccnc2)c1. The number of hydrogen-bond acceptors (Lipinski definition) is 6. The van der Waals surface area contributed by atoms with Crippen LogP contribution >= 0.6 is 0 Å². The maximum Gasteiger partial charge on any atom is 0.295 e. The number of amides is 1. The number of imidazole rings is 1. The van der Waals surface area contributed by atoms with Crippen molar-refractivity contribution in [1.29, 1.82) is 0 Å². The van der Waals surface area contributed by atoms with Crippen molar-refractivity contribution >= 4 is 17.4 Å². The second kappa shape index (κ2) is 9.60. The van der Waals surface area contributed by atoms with E-state index in [9.17, 15) is 14.7 Å². The molecule has 0 bridgehead atoms. The summed E-state index contributed by atoms with van der Waals surface area (Å²) in [5.74, 6) is -0.571. The third-order valence-corrected chi connectivity index (χ3v) is 5.69. The molecular weight excluding hydrogens is 422 g/mol. The normalized spacial score (nSPS) is 17.4. The van der Waals surface area contributed by atoms with Crippen LogP contribution in [0.15, 0.2) is 72.8 Å². The first-order valence-corrected chi connectivity index (χ1v) is 10.6. The Balaban J connectivity index is 1.80. The lowest BCUT2D eigenvalue weighted by Crippen LogP contribution is -2.31. The first-order valence-electron chi connectivity index (χ1n) is 10.6. The number of methoxy groups -OCH3 is 2. The summed E-state index contributed by atoms with van der Waals surface area (Å²) in [4.78, 5) is 31.8. The van der Waals surface area contributed by atoms with Crippen molar-refractivity contribution < 1.29 is 24.2 Å². The van der Waals surface area contributed by atoms with E-state index in [-0.39, 0.29) is 11.3 Å². The quantitative estimate of drug-likeness (QED) is 0.323. The van der Waals surface area contributed by atoms with Crippen molar-refractivity contribution in [2.75, 3.05) is 20.8 Å². The molecule has 33 heavy (non-hydrogen) atoms. The van der Waals surface area contributed by atoms with Crippen molar-refractivity contribution in [1.82, 2.24) is 14.5 Å². The van der Waals surface area contributed by atoms with E-state index in [4.69, 9.17) is 9.47 Å². The Hall–Kier alpha value is -4.07. The highest BCUT2D eigenvalue weighted by molar-refractivity contribution is 6.46. The Labute approximate surface area is 191 Å². The number of carbonyl (C=O) groups is 2. The third-order valence-electron chi connectivity index (χ3n) is 5.69. The van der Waals surface area contributed by atoms with Crippen LogP contribution < -0.4 is 9.47 Å². The molecule has 2 aromatic carbocycles. The molecule has 2 heterocycles. The average molecular weight is 447 g/mol. The molecule has 8 heteroatoms. The van der Waals surface area contributed by atoms with Gasteiger partial charge in [0.05, 0.1) is 32.2 Å². The summed E-state index contributed by atoms with van der Waals surface area (Å²) >= 11 is 0. The molecule has 0 unspecified atom stereocenters. The van der Waals surface area contributed by atoms with Gasteiger partial charge in [-0.15, -0.1) is 0 Å². The fourth-order valence-electron chi connectivity index (χ4n) is 4.08. The van der Waals surface area contributed by atoms with Crippen molar-refractivity contribution in [2.45, 2.75) is 19.0 Å². The van der Waals surface area contributed by atoms with Crippen LogP contribution in [-0.4, -0.2) is 52.0 Å². The second-order valence-electron chi connectivity index (χ2n) is 7.62. The van der Waals surface area contributed by atoms with Gasteiger partial charge >= 0.3 is 0 Å². The Kier molecular flexibility index (Phi) is 6.44. The second-order valence-corrected chi connectivity index (χ2v) is 7.62. The summed E-state index contributed by atoms with van der Waals surface area (Å²) < 4.78 is 12.8. The largest absolute Gasteiger partial charge is 0.507 e. The van der Waals surface area contributed by atoms with Gasteiger partial charge in [-0.3, -0.25) is 9.59 Å². The topological polar surface area (TPSA) is 93.9 Å². The van der Waals surface area contributed by atoms with Crippen LogP contribution in [0.4, 0.5) is 0 Å². The number of rotatable bonds is 8. The molecule has 8 nitrogen and oxygen atoms in total. The van der Waals surface area contributed by atoms with Gasteiger partial charge < -0.3 is 24.0 Å². The predicted octanol–water partition coefficient (Wildman–Crippen LogP) is 3.41. The van der Waals surface area contributed by atoms with Gasteiger partial charge in [-0.05, 0) is 24.6 Å². The fraction of sp³-hybridized carbons (Fsp3) is 0.240. The van der Waals surface area contributed by atoms with E-state index in [0.717, 1.165) is 0 Å². The fourth-order valence-corrected chi connectivity index (χ4v) is 4.08. The molecule has 1 atom stereocenters. The molecule has 3 aromatic rings. The van der Waals surface area contributed by atoms with Crippen LogP contribution in [0.25, 0.3) is 5.76 Å². The highest BCUT2D eigenvalue weighted by Crippen LogP contribution is 2.43. The molecule has 1 amide bonds. The summed E-state index contributed by atoms with van der Waals surface area (Å²) in [6.07, 6.45) is 5.82. The number of aryl methyl sites for hydroxylation is 1. The Morgan fingerprint density at radius 3 is 2.52 bits per heavy atom. The molecule has 170 valence electrons. The van der Waals surface area contributed by atoms with Crippen molar-refractivity contribution in [3.05, 3.63) is 84.0 Å². The third kappa shape index (κ3) is 4.32.